The van der Waals surface area contributed by atoms with Crippen molar-refractivity contribution in [1.82, 2.24) is 14.9 Å². The molecule has 2 N–H and O–H groups in total. The van der Waals surface area contributed by atoms with Crippen LogP contribution in [0.1, 0.15) is 18.4 Å². The van der Waals surface area contributed by atoms with E-state index < -0.39 is 0 Å². The summed E-state index contributed by atoms with van der Waals surface area (Å²) >= 11 is 6.23. The fraction of sp³-hybridized carbons (Fsp3) is 0.421. The van der Waals surface area contributed by atoms with E-state index in [0.717, 1.165) is 25.2 Å². The lowest BCUT2D eigenvalue weighted by molar-refractivity contribution is 0.226. The highest BCUT2D eigenvalue weighted by atomic mass is 35.5. The van der Waals surface area contributed by atoms with Crippen LogP contribution in [0.5, 0.6) is 0 Å². The molecular formula is C19H23ClN6O. The van der Waals surface area contributed by atoms with E-state index in [1.807, 2.05) is 18.2 Å². The molecule has 2 aromatic rings. The molecule has 142 valence electrons. The van der Waals surface area contributed by atoms with E-state index in [1.54, 1.807) is 17.2 Å². The maximum atomic E-state index is 12.5. The van der Waals surface area contributed by atoms with Crippen LogP contribution < -0.4 is 15.5 Å². The Labute approximate surface area is 163 Å². The Kier molecular flexibility index (Phi) is 5.13. The monoisotopic (exact) mass is 386 g/mol. The lowest BCUT2D eigenvalue weighted by Gasteiger charge is -2.30. The van der Waals surface area contributed by atoms with Gasteiger partial charge in [0, 0.05) is 18.3 Å². The number of urea groups is 1. The molecule has 8 heteroatoms. The van der Waals surface area contributed by atoms with Gasteiger partial charge in [-0.15, -0.1) is 0 Å². The van der Waals surface area contributed by atoms with Gasteiger partial charge in [0.15, 0.2) is 0 Å². The van der Waals surface area contributed by atoms with Crippen molar-refractivity contribution in [3.8, 4) is 0 Å². The lowest BCUT2D eigenvalue weighted by atomic mass is 9.97. The Hall–Kier alpha value is -2.38. The number of carbonyl (C=O) groups excluding carboxylic acids is 1. The fourth-order valence-corrected chi connectivity index (χ4v) is 3.73. The number of para-hydroxylation sites is 1. The molecule has 0 spiro atoms. The maximum absolute atomic E-state index is 12.5. The molecule has 1 fully saturated rings. The molecule has 2 amide bonds. The molecule has 2 aliphatic rings. The summed E-state index contributed by atoms with van der Waals surface area (Å²) in [5.74, 6) is 1.74. The van der Waals surface area contributed by atoms with E-state index in [0.29, 0.717) is 34.9 Å². The average molecular weight is 387 g/mol. The van der Waals surface area contributed by atoms with Gasteiger partial charge in [0.05, 0.1) is 17.3 Å². The number of aromatic nitrogens is 2. The van der Waals surface area contributed by atoms with Crippen LogP contribution in [0.15, 0.2) is 30.5 Å². The second-order valence-electron chi connectivity index (χ2n) is 7.16. The van der Waals surface area contributed by atoms with Gasteiger partial charge in [0.25, 0.3) is 0 Å². The first kappa shape index (κ1) is 18.0. The summed E-state index contributed by atoms with van der Waals surface area (Å²) in [6.07, 6.45) is 4.12. The molecule has 0 saturated carbocycles. The van der Waals surface area contributed by atoms with Crippen LogP contribution in [0, 0.1) is 5.92 Å². The van der Waals surface area contributed by atoms with Gasteiger partial charge < -0.3 is 10.2 Å². The molecule has 0 aliphatic carbocycles. The molecule has 27 heavy (non-hydrogen) atoms. The minimum atomic E-state index is -0.240. The van der Waals surface area contributed by atoms with E-state index in [1.165, 1.54) is 12.8 Å². The maximum Gasteiger partial charge on any atom is 0.327 e. The van der Waals surface area contributed by atoms with E-state index in [4.69, 9.17) is 11.6 Å². The predicted octanol–water partition coefficient (Wildman–Crippen LogP) is 3.44. The average Bonchev–Trinajstić information content (AvgIpc) is 2.67. The predicted molar refractivity (Wildman–Crippen MR) is 107 cm³/mol. The molecule has 0 unspecified atom stereocenters. The number of hydrogen-bond acceptors (Lipinski definition) is 5. The topological polar surface area (TPSA) is 73.4 Å². The zero-order valence-corrected chi connectivity index (χ0v) is 16.0. The molecule has 0 radical (unpaired) electrons. The van der Waals surface area contributed by atoms with Crippen molar-refractivity contribution < 1.29 is 4.79 Å². The third-order valence-corrected chi connectivity index (χ3v) is 5.51. The highest BCUT2D eigenvalue weighted by molar-refractivity contribution is 6.34. The molecule has 1 aromatic carbocycles. The molecule has 0 atom stereocenters. The van der Waals surface area contributed by atoms with Crippen LogP contribution in [-0.4, -0.2) is 47.6 Å². The van der Waals surface area contributed by atoms with Crippen molar-refractivity contribution in [2.45, 2.75) is 19.4 Å². The number of carbonyl (C=O) groups is 1. The van der Waals surface area contributed by atoms with Crippen molar-refractivity contribution in [3.05, 3.63) is 41.0 Å². The highest BCUT2D eigenvalue weighted by Crippen LogP contribution is 2.31. The minimum absolute atomic E-state index is 0.240. The summed E-state index contributed by atoms with van der Waals surface area (Å²) in [5, 5.41) is 6.71. The standard InChI is InChI=1S/C19H23ClN6O/c1-25-8-6-13(7-9-25)10-21-18-22-11-14-12-26(19(27)24-17(14)23-18)16-5-3-2-4-15(16)20/h2-5,11,13H,6-10,12H2,1H3,(H2,21,22,23,24,27). The number of piperidine rings is 1. The number of anilines is 3. The Balaban J connectivity index is 1.44. The lowest BCUT2D eigenvalue weighted by Crippen LogP contribution is -2.39. The fourth-order valence-electron chi connectivity index (χ4n) is 3.49. The van der Waals surface area contributed by atoms with E-state index >= 15 is 0 Å². The SMILES string of the molecule is CN1CCC(CNc2ncc3c(n2)NC(=O)N(c2ccccc2Cl)C3)CC1. The zero-order chi connectivity index (χ0) is 18.8. The quantitative estimate of drug-likeness (QED) is 0.842. The van der Waals surface area contributed by atoms with Crippen LogP contribution >= 0.6 is 11.6 Å². The molecule has 4 rings (SSSR count). The Bertz CT molecular complexity index is 837. The number of benzene rings is 1. The highest BCUT2D eigenvalue weighted by Gasteiger charge is 2.27. The number of nitrogens with zero attached hydrogens (tertiary/aromatic N) is 4. The number of likely N-dealkylation sites (tertiary alicyclic amines) is 1. The Morgan fingerprint density at radius 3 is 2.85 bits per heavy atom. The Morgan fingerprint density at radius 2 is 2.07 bits per heavy atom. The van der Waals surface area contributed by atoms with Gasteiger partial charge in [-0.1, -0.05) is 23.7 Å². The van der Waals surface area contributed by atoms with Crippen molar-refractivity contribution in [2.24, 2.45) is 5.92 Å². The number of hydrogen-bond donors (Lipinski definition) is 2. The smallest absolute Gasteiger partial charge is 0.327 e. The van der Waals surface area contributed by atoms with E-state index in [2.05, 4.69) is 32.5 Å². The first-order valence-electron chi connectivity index (χ1n) is 9.21. The van der Waals surface area contributed by atoms with Crippen LogP contribution in [0.4, 0.5) is 22.2 Å². The molecule has 2 aliphatic heterocycles. The van der Waals surface area contributed by atoms with Crippen LogP contribution in [0.2, 0.25) is 5.02 Å². The van der Waals surface area contributed by atoms with Gasteiger partial charge in [-0.2, -0.15) is 4.98 Å². The summed E-state index contributed by atoms with van der Waals surface area (Å²) in [6, 6.07) is 7.05. The van der Waals surface area contributed by atoms with Crippen LogP contribution in [0.3, 0.4) is 0 Å². The van der Waals surface area contributed by atoms with Gasteiger partial charge in [0.2, 0.25) is 5.95 Å². The van der Waals surface area contributed by atoms with Gasteiger partial charge >= 0.3 is 6.03 Å². The summed E-state index contributed by atoms with van der Waals surface area (Å²) in [4.78, 5) is 25.4. The number of fused-ring (bicyclic) bond motifs is 1. The third kappa shape index (κ3) is 3.99. The molecule has 1 saturated heterocycles. The third-order valence-electron chi connectivity index (χ3n) is 5.19. The van der Waals surface area contributed by atoms with Crippen molar-refractivity contribution in [3.63, 3.8) is 0 Å². The number of halogens is 1. The summed E-state index contributed by atoms with van der Waals surface area (Å²) < 4.78 is 0. The zero-order valence-electron chi connectivity index (χ0n) is 15.3. The molecule has 1 aromatic heterocycles. The van der Waals surface area contributed by atoms with Gasteiger partial charge in [-0.25, -0.2) is 9.78 Å². The Morgan fingerprint density at radius 1 is 1.30 bits per heavy atom. The normalized spacial score (nSPS) is 18.1. The first-order chi connectivity index (χ1) is 13.1. The molecule has 7 nitrogen and oxygen atoms in total. The molecular weight excluding hydrogens is 364 g/mol. The summed E-state index contributed by atoms with van der Waals surface area (Å²) in [6.45, 7) is 3.50. The summed E-state index contributed by atoms with van der Waals surface area (Å²) in [5.41, 5.74) is 1.53. The second-order valence-corrected chi connectivity index (χ2v) is 7.57. The van der Waals surface area contributed by atoms with Crippen molar-refractivity contribution in [1.29, 1.82) is 0 Å². The first-order valence-corrected chi connectivity index (χ1v) is 9.59. The molecule has 3 heterocycles. The number of amides is 2. The number of nitrogens with one attached hydrogen (secondary N) is 2. The second kappa shape index (κ2) is 7.70. The van der Waals surface area contributed by atoms with E-state index in [-0.39, 0.29) is 6.03 Å². The van der Waals surface area contributed by atoms with Gasteiger partial charge in [-0.05, 0) is 51.0 Å². The van der Waals surface area contributed by atoms with E-state index in [9.17, 15) is 4.79 Å². The van der Waals surface area contributed by atoms with Crippen molar-refractivity contribution in [2.75, 3.05) is 42.2 Å². The van der Waals surface area contributed by atoms with Crippen LogP contribution in [0.25, 0.3) is 0 Å². The van der Waals surface area contributed by atoms with Gasteiger partial charge in [-0.3, -0.25) is 10.2 Å². The van der Waals surface area contributed by atoms with Gasteiger partial charge in [0.1, 0.15) is 5.82 Å². The van der Waals surface area contributed by atoms with Crippen LogP contribution in [-0.2, 0) is 6.54 Å². The number of rotatable bonds is 4. The largest absolute Gasteiger partial charge is 0.354 e. The summed E-state index contributed by atoms with van der Waals surface area (Å²) in [7, 11) is 2.16. The molecule has 0 bridgehead atoms. The van der Waals surface area contributed by atoms with Crippen molar-refractivity contribution >= 4 is 35.1 Å². The minimum Gasteiger partial charge on any atom is -0.354 e.